The highest BCUT2D eigenvalue weighted by Gasteiger charge is 2.26. The van der Waals surface area contributed by atoms with Crippen LogP contribution < -0.4 is 5.73 Å². The smallest absolute Gasteiger partial charge is 0.415 e. The molecular formula is C8H14N2O2S. The van der Waals surface area contributed by atoms with Gasteiger partial charge >= 0.3 is 6.09 Å². The number of nitrogens with zero attached hydrogens (tertiary/aromatic N) is 1. The number of amides is 1. The fraction of sp³-hybridized carbons (Fsp3) is 0.625. The van der Waals surface area contributed by atoms with Crippen molar-refractivity contribution in [2.75, 3.05) is 6.61 Å². The van der Waals surface area contributed by atoms with Gasteiger partial charge in [0, 0.05) is 11.1 Å². The molecule has 1 atom stereocenters. The van der Waals surface area contributed by atoms with Crippen LogP contribution in [0.1, 0.15) is 20.3 Å². The Bertz CT molecular complexity index is 230. The molecular weight excluding hydrogens is 188 g/mol. The van der Waals surface area contributed by atoms with Gasteiger partial charge in [0.05, 0.1) is 6.61 Å². The summed E-state index contributed by atoms with van der Waals surface area (Å²) >= 11 is 1.49. The van der Waals surface area contributed by atoms with Gasteiger partial charge in [-0.25, -0.2) is 4.79 Å². The lowest BCUT2D eigenvalue weighted by molar-refractivity contribution is 0.121. The van der Waals surface area contributed by atoms with E-state index in [1.54, 1.807) is 13.1 Å². The summed E-state index contributed by atoms with van der Waals surface area (Å²) in [5.41, 5.74) is 5.39. The average molecular weight is 202 g/mol. The molecule has 1 amide bonds. The molecule has 0 saturated carbocycles. The first-order chi connectivity index (χ1) is 6.19. The van der Waals surface area contributed by atoms with Crippen LogP contribution in [-0.2, 0) is 4.74 Å². The van der Waals surface area contributed by atoms with Gasteiger partial charge in [0.25, 0.3) is 0 Å². The molecule has 0 aromatic carbocycles. The van der Waals surface area contributed by atoms with E-state index < -0.39 is 0 Å². The first-order valence-corrected chi connectivity index (χ1v) is 5.15. The van der Waals surface area contributed by atoms with E-state index in [2.05, 4.69) is 0 Å². The molecule has 2 N–H and O–H groups in total. The molecule has 1 rings (SSSR count). The number of carbonyl (C=O) groups is 1. The number of thioether (sulfide) groups is 1. The SMILES string of the molecule is CCOC(=O)N1C=C(CC)SC1N. The first kappa shape index (κ1) is 10.4. The molecule has 1 aliphatic rings. The summed E-state index contributed by atoms with van der Waals surface area (Å²) in [6, 6.07) is 0. The van der Waals surface area contributed by atoms with Gasteiger partial charge in [-0.05, 0) is 13.3 Å². The van der Waals surface area contributed by atoms with E-state index in [0.29, 0.717) is 6.61 Å². The molecule has 0 aliphatic carbocycles. The second-order valence-electron chi connectivity index (χ2n) is 2.56. The standard InChI is InChI=1S/C8H14N2O2S/c1-3-6-5-10(7(9)13-6)8(11)12-4-2/h5,7H,3-4,9H2,1-2H3. The molecule has 0 bridgehead atoms. The molecule has 0 radical (unpaired) electrons. The Morgan fingerprint density at radius 1 is 1.77 bits per heavy atom. The van der Waals surface area contributed by atoms with E-state index in [1.807, 2.05) is 6.92 Å². The highest BCUT2D eigenvalue weighted by atomic mass is 32.2. The van der Waals surface area contributed by atoms with Gasteiger partial charge < -0.3 is 10.5 Å². The van der Waals surface area contributed by atoms with Crippen molar-refractivity contribution in [1.82, 2.24) is 4.90 Å². The Morgan fingerprint density at radius 2 is 2.46 bits per heavy atom. The molecule has 5 heteroatoms. The van der Waals surface area contributed by atoms with Crippen LogP contribution in [-0.4, -0.2) is 23.1 Å². The number of hydrogen-bond acceptors (Lipinski definition) is 4. The van der Waals surface area contributed by atoms with Gasteiger partial charge in [-0.3, -0.25) is 4.90 Å². The van der Waals surface area contributed by atoms with Crippen molar-refractivity contribution in [1.29, 1.82) is 0 Å². The zero-order valence-corrected chi connectivity index (χ0v) is 8.63. The van der Waals surface area contributed by atoms with Crippen LogP contribution >= 0.6 is 11.8 Å². The number of carbonyl (C=O) groups excluding carboxylic acids is 1. The molecule has 0 spiro atoms. The molecule has 74 valence electrons. The van der Waals surface area contributed by atoms with Gasteiger partial charge in [0.15, 0.2) is 0 Å². The van der Waals surface area contributed by atoms with Crippen molar-refractivity contribution in [3.8, 4) is 0 Å². The summed E-state index contributed by atoms with van der Waals surface area (Å²) in [7, 11) is 0. The van der Waals surface area contributed by atoms with E-state index in [1.165, 1.54) is 16.7 Å². The maximum Gasteiger partial charge on any atom is 0.415 e. The lowest BCUT2D eigenvalue weighted by Crippen LogP contribution is -2.37. The van der Waals surface area contributed by atoms with Gasteiger partial charge in [-0.1, -0.05) is 18.7 Å². The minimum absolute atomic E-state index is 0.325. The molecule has 0 aromatic rings. The molecule has 0 saturated heterocycles. The van der Waals surface area contributed by atoms with E-state index in [-0.39, 0.29) is 11.6 Å². The van der Waals surface area contributed by atoms with Crippen molar-refractivity contribution >= 4 is 17.9 Å². The lowest BCUT2D eigenvalue weighted by Gasteiger charge is -2.17. The van der Waals surface area contributed by atoms with E-state index in [9.17, 15) is 4.79 Å². The predicted molar refractivity (Wildman–Crippen MR) is 52.8 cm³/mol. The maximum absolute atomic E-state index is 11.3. The minimum atomic E-state index is -0.369. The van der Waals surface area contributed by atoms with Crippen molar-refractivity contribution in [2.45, 2.75) is 25.8 Å². The van der Waals surface area contributed by atoms with Crippen LogP contribution in [0.2, 0.25) is 0 Å². The van der Waals surface area contributed by atoms with Crippen molar-refractivity contribution in [2.24, 2.45) is 5.73 Å². The third-order valence-electron chi connectivity index (χ3n) is 1.66. The van der Waals surface area contributed by atoms with E-state index >= 15 is 0 Å². The third-order valence-corrected chi connectivity index (χ3v) is 2.82. The van der Waals surface area contributed by atoms with Crippen molar-refractivity contribution in [3.63, 3.8) is 0 Å². The van der Waals surface area contributed by atoms with E-state index in [4.69, 9.17) is 10.5 Å². The fourth-order valence-corrected chi connectivity index (χ4v) is 1.91. The minimum Gasteiger partial charge on any atom is -0.449 e. The summed E-state index contributed by atoms with van der Waals surface area (Å²) in [4.78, 5) is 13.8. The number of allylic oxidation sites excluding steroid dienone is 1. The summed E-state index contributed by atoms with van der Waals surface area (Å²) in [5, 5.41) is 0. The Morgan fingerprint density at radius 3 is 2.92 bits per heavy atom. The summed E-state index contributed by atoms with van der Waals surface area (Å²) in [6.45, 7) is 4.18. The summed E-state index contributed by atoms with van der Waals surface area (Å²) < 4.78 is 4.84. The van der Waals surface area contributed by atoms with Crippen LogP contribution in [0.25, 0.3) is 0 Å². The Balaban J connectivity index is 2.59. The van der Waals surface area contributed by atoms with Crippen molar-refractivity contribution in [3.05, 3.63) is 11.1 Å². The van der Waals surface area contributed by atoms with Gasteiger partial charge in [0.2, 0.25) is 0 Å². The Labute approximate surface area is 82.1 Å². The molecule has 0 aromatic heterocycles. The monoisotopic (exact) mass is 202 g/mol. The highest BCUT2D eigenvalue weighted by molar-refractivity contribution is 8.03. The van der Waals surface area contributed by atoms with Crippen LogP contribution in [0, 0.1) is 0 Å². The normalized spacial score (nSPS) is 21.6. The summed E-state index contributed by atoms with van der Waals surface area (Å²) in [6.07, 6.45) is 2.28. The maximum atomic E-state index is 11.3. The molecule has 1 heterocycles. The molecule has 13 heavy (non-hydrogen) atoms. The zero-order chi connectivity index (χ0) is 9.84. The summed E-state index contributed by atoms with van der Waals surface area (Å²) in [5.74, 6) is 0. The van der Waals surface area contributed by atoms with Crippen LogP contribution in [0.5, 0.6) is 0 Å². The predicted octanol–water partition coefficient (Wildman–Crippen LogP) is 1.69. The molecule has 4 nitrogen and oxygen atoms in total. The topological polar surface area (TPSA) is 55.6 Å². The molecule has 1 unspecified atom stereocenters. The third kappa shape index (κ3) is 2.38. The van der Waals surface area contributed by atoms with Gasteiger partial charge in [-0.15, -0.1) is 0 Å². The fourth-order valence-electron chi connectivity index (χ4n) is 1.00. The van der Waals surface area contributed by atoms with Gasteiger partial charge in [0.1, 0.15) is 5.50 Å². The first-order valence-electron chi connectivity index (χ1n) is 4.27. The quantitative estimate of drug-likeness (QED) is 0.740. The average Bonchev–Trinajstić information content (AvgIpc) is 2.47. The van der Waals surface area contributed by atoms with Crippen LogP contribution in [0.4, 0.5) is 4.79 Å². The van der Waals surface area contributed by atoms with Crippen LogP contribution in [0.3, 0.4) is 0 Å². The Kier molecular flexibility index (Phi) is 3.62. The lowest BCUT2D eigenvalue weighted by atomic mass is 10.4. The zero-order valence-electron chi connectivity index (χ0n) is 7.82. The second kappa shape index (κ2) is 4.53. The Hall–Kier alpha value is -0.680. The van der Waals surface area contributed by atoms with Crippen LogP contribution in [0.15, 0.2) is 11.1 Å². The van der Waals surface area contributed by atoms with E-state index in [0.717, 1.165) is 11.3 Å². The van der Waals surface area contributed by atoms with Gasteiger partial charge in [-0.2, -0.15) is 0 Å². The number of nitrogens with two attached hydrogens (primary N) is 1. The molecule has 1 aliphatic heterocycles. The second-order valence-corrected chi connectivity index (χ2v) is 3.81. The number of hydrogen-bond donors (Lipinski definition) is 1. The number of ether oxygens (including phenoxy) is 1. The molecule has 0 fully saturated rings. The number of rotatable bonds is 2. The van der Waals surface area contributed by atoms with Crippen molar-refractivity contribution < 1.29 is 9.53 Å². The highest BCUT2D eigenvalue weighted by Crippen LogP contribution is 2.31. The largest absolute Gasteiger partial charge is 0.449 e.